The zero-order valence-electron chi connectivity index (χ0n) is 9.74. The smallest absolute Gasteiger partial charge is 0.338 e. The molecule has 3 nitrogen and oxygen atoms in total. The van der Waals surface area contributed by atoms with Crippen molar-refractivity contribution < 1.29 is 9.90 Å². The summed E-state index contributed by atoms with van der Waals surface area (Å²) in [4.78, 5) is 13.6. The van der Waals surface area contributed by atoms with Crippen molar-refractivity contribution in [1.82, 2.24) is 0 Å². The molecule has 0 fully saturated rings. The van der Waals surface area contributed by atoms with Crippen LogP contribution in [-0.2, 0) is 6.54 Å². The monoisotopic (exact) mass is 325 g/mol. The summed E-state index contributed by atoms with van der Waals surface area (Å²) in [5.41, 5.74) is 0.897. The zero-order chi connectivity index (χ0) is 13.1. The normalized spacial score (nSPS) is 10.3. The number of nitrogens with one attached hydrogen (secondary N) is 1. The van der Waals surface area contributed by atoms with E-state index in [1.807, 2.05) is 12.1 Å². The van der Waals surface area contributed by atoms with Crippen LogP contribution in [0.15, 0.2) is 34.8 Å². The highest BCUT2D eigenvalue weighted by Gasteiger charge is 2.13. The lowest BCUT2D eigenvalue weighted by Crippen LogP contribution is -2.06. The Morgan fingerprint density at radius 1 is 1.39 bits per heavy atom. The van der Waals surface area contributed by atoms with Gasteiger partial charge in [0, 0.05) is 20.8 Å². The Balaban J connectivity index is 2.19. The van der Waals surface area contributed by atoms with Gasteiger partial charge < -0.3 is 10.4 Å². The number of hydrogen-bond acceptors (Lipinski definition) is 3. The van der Waals surface area contributed by atoms with E-state index < -0.39 is 5.97 Å². The van der Waals surface area contributed by atoms with Crippen LogP contribution in [0.3, 0.4) is 0 Å². The maximum atomic E-state index is 11.2. The average Bonchev–Trinajstić information content (AvgIpc) is 2.72. The number of carboxylic acids is 1. The van der Waals surface area contributed by atoms with Crippen LogP contribution in [-0.4, -0.2) is 11.1 Å². The number of aromatic carboxylic acids is 1. The maximum absolute atomic E-state index is 11.2. The summed E-state index contributed by atoms with van der Waals surface area (Å²) in [6.45, 7) is 2.69. The quantitative estimate of drug-likeness (QED) is 0.888. The number of anilines is 1. The van der Waals surface area contributed by atoms with Gasteiger partial charge in [-0.25, -0.2) is 4.79 Å². The Hall–Kier alpha value is -1.33. The van der Waals surface area contributed by atoms with Crippen molar-refractivity contribution in [2.24, 2.45) is 0 Å². The van der Waals surface area contributed by atoms with Crippen molar-refractivity contribution in [3.63, 3.8) is 0 Å². The van der Waals surface area contributed by atoms with Gasteiger partial charge in [0.25, 0.3) is 0 Å². The van der Waals surface area contributed by atoms with Crippen molar-refractivity contribution in [3.05, 3.63) is 50.1 Å². The summed E-state index contributed by atoms with van der Waals surface area (Å²) >= 11 is 4.96. The van der Waals surface area contributed by atoms with Gasteiger partial charge in [0.15, 0.2) is 0 Å². The number of aryl methyl sites for hydroxylation is 1. The summed E-state index contributed by atoms with van der Waals surface area (Å²) in [5.74, 6) is -0.938. The summed E-state index contributed by atoms with van der Waals surface area (Å²) in [7, 11) is 0. The van der Waals surface area contributed by atoms with Gasteiger partial charge in [-0.1, -0.05) is 6.07 Å². The molecule has 0 atom stereocenters. The first-order valence-electron chi connectivity index (χ1n) is 5.39. The third-order valence-electron chi connectivity index (χ3n) is 2.48. The molecular weight excluding hydrogens is 314 g/mol. The molecule has 18 heavy (non-hydrogen) atoms. The van der Waals surface area contributed by atoms with Crippen molar-refractivity contribution in [3.8, 4) is 0 Å². The first-order chi connectivity index (χ1) is 8.58. The molecule has 0 radical (unpaired) electrons. The van der Waals surface area contributed by atoms with E-state index in [1.165, 1.54) is 9.75 Å². The fourth-order valence-electron chi connectivity index (χ4n) is 1.65. The lowest BCUT2D eigenvalue weighted by Gasteiger charge is -2.09. The minimum atomic E-state index is -0.938. The number of carbonyl (C=O) groups is 1. The summed E-state index contributed by atoms with van der Waals surface area (Å²) in [6.07, 6.45) is 0. The molecule has 5 heteroatoms. The molecule has 94 valence electrons. The highest BCUT2D eigenvalue weighted by molar-refractivity contribution is 9.10. The molecule has 0 unspecified atom stereocenters. The largest absolute Gasteiger partial charge is 0.478 e. The third-order valence-corrected chi connectivity index (χ3v) is 4.14. The van der Waals surface area contributed by atoms with Crippen LogP contribution in [0.1, 0.15) is 20.1 Å². The van der Waals surface area contributed by atoms with Crippen LogP contribution >= 0.6 is 27.3 Å². The summed E-state index contributed by atoms with van der Waals surface area (Å²) in [5, 5.41) is 12.3. The molecule has 0 aliphatic carbocycles. The van der Waals surface area contributed by atoms with E-state index in [1.54, 1.807) is 23.5 Å². The van der Waals surface area contributed by atoms with Crippen LogP contribution in [0.5, 0.6) is 0 Å². The van der Waals surface area contributed by atoms with E-state index in [2.05, 4.69) is 34.2 Å². The van der Waals surface area contributed by atoms with Crippen molar-refractivity contribution >= 4 is 38.9 Å². The Morgan fingerprint density at radius 2 is 2.17 bits per heavy atom. The molecule has 0 spiro atoms. The number of hydrogen-bond donors (Lipinski definition) is 2. The molecule has 1 heterocycles. The minimum absolute atomic E-state index is 0.269. The minimum Gasteiger partial charge on any atom is -0.478 e. The molecule has 0 amide bonds. The number of halogens is 1. The van der Waals surface area contributed by atoms with Crippen molar-refractivity contribution in [2.75, 3.05) is 5.32 Å². The highest BCUT2D eigenvalue weighted by Crippen LogP contribution is 2.26. The van der Waals surface area contributed by atoms with E-state index in [0.717, 1.165) is 0 Å². The van der Waals surface area contributed by atoms with E-state index in [9.17, 15) is 9.90 Å². The van der Waals surface area contributed by atoms with Gasteiger partial charge in [-0.15, -0.1) is 11.3 Å². The summed E-state index contributed by atoms with van der Waals surface area (Å²) in [6, 6.07) is 9.42. The highest BCUT2D eigenvalue weighted by atomic mass is 79.9. The van der Waals surface area contributed by atoms with Gasteiger partial charge >= 0.3 is 5.97 Å². The molecule has 0 saturated heterocycles. The zero-order valence-corrected chi connectivity index (χ0v) is 12.1. The SMILES string of the molecule is Cc1ccc(CNc2cccc(Br)c2C(=O)O)s1. The first-order valence-corrected chi connectivity index (χ1v) is 7.00. The predicted molar refractivity (Wildman–Crippen MR) is 77.5 cm³/mol. The van der Waals surface area contributed by atoms with Crippen LogP contribution in [0.2, 0.25) is 0 Å². The van der Waals surface area contributed by atoms with E-state index in [0.29, 0.717) is 16.7 Å². The topological polar surface area (TPSA) is 49.3 Å². The van der Waals surface area contributed by atoms with E-state index >= 15 is 0 Å². The average molecular weight is 326 g/mol. The second-order valence-corrected chi connectivity index (χ2v) is 6.06. The van der Waals surface area contributed by atoms with Crippen LogP contribution < -0.4 is 5.32 Å². The van der Waals surface area contributed by atoms with Crippen molar-refractivity contribution in [1.29, 1.82) is 0 Å². The van der Waals surface area contributed by atoms with Gasteiger partial charge in [0.1, 0.15) is 0 Å². The fraction of sp³-hybridized carbons (Fsp3) is 0.154. The lowest BCUT2D eigenvalue weighted by molar-refractivity contribution is 0.0697. The maximum Gasteiger partial charge on any atom is 0.338 e. The second kappa shape index (κ2) is 5.54. The fourth-order valence-corrected chi connectivity index (χ4v) is 3.02. The van der Waals surface area contributed by atoms with Crippen LogP contribution in [0.4, 0.5) is 5.69 Å². The molecule has 0 aliphatic rings. The molecule has 0 bridgehead atoms. The number of carboxylic acid groups (broad SMARTS) is 1. The Morgan fingerprint density at radius 3 is 2.78 bits per heavy atom. The van der Waals surface area contributed by atoms with Gasteiger partial charge in [-0.05, 0) is 47.1 Å². The molecular formula is C13H12BrNO2S. The molecule has 2 rings (SSSR count). The molecule has 1 aromatic carbocycles. The number of benzene rings is 1. The van der Waals surface area contributed by atoms with E-state index in [4.69, 9.17) is 0 Å². The van der Waals surface area contributed by atoms with Crippen LogP contribution in [0.25, 0.3) is 0 Å². The lowest BCUT2D eigenvalue weighted by atomic mass is 10.2. The Bertz CT molecular complexity index is 580. The standard InChI is InChI=1S/C13H12BrNO2S/c1-8-5-6-9(18-8)7-15-11-4-2-3-10(14)12(11)13(16)17/h2-6,15H,7H2,1H3,(H,16,17). The van der Waals surface area contributed by atoms with Crippen molar-refractivity contribution in [2.45, 2.75) is 13.5 Å². The first kappa shape index (κ1) is 13.1. The molecule has 0 saturated carbocycles. The Kier molecular flexibility index (Phi) is 4.04. The van der Waals surface area contributed by atoms with Gasteiger partial charge in [-0.2, -0.15) is 0 Å². The predicted octanol–water partition coefficient (Wildman–Crippen LogP) is 4.13. The second-order valence-electron chi connectivity index (χ2n) is 3.83. The van der Waals surface area contributed by atoms with E-state index in [-0.39, 0.29) is 5.56 Å². The number of rotatable bonds is 4. The summed E-state index contributed by atoms with van der Waals surface area (Å²) < 4.78 is 0.586. The third kappa shape index (κ3) is 2.91. The molecule has 2 aromatic rings. The van der Waals surface area contributed by atoms with Gasteiger partial charge in [-0.3, -0.25) is 0 Å². The van der Waals surface area contributed by atoms with Crippen LogP contribution in [0, 0.1) is 6.92 Å². The van der Waals surface area contributed by atoms with Gasteiger partial charge in [0.2, 0.25) is 0 Å². The Labute approximate surface area is 118 Å². The molecule has 2 N–H and O–H groups in total. The molecule has 1 aromatic heterocycles. The number of thiophene rings is 1. The molecule has 0 aliphatic heterocycles. The van der Waals surface area contributed by atoms with Gasteiger partial charge in [0.05, 0.1) is 11.3 Å².